The molecule has 2 heterocycles. The maximum absolute atomic E-state index is 12.5. The summed E-state index contributed by atoms with van der Waals surface area (Å²) in [6.07, 6.45) is 0.274. The van der Waals surface area contributed by atoms with Crippen molar-refractivity contribution >= 4 is 22.8 Å². The van der Waals surface area contributed by atoms with Crippen LogP contribution in [0.15, 0.2) is 24.3 Å². The number of nitrogens with one attached hydrogen (secondary N) is 2. The van der Waals surface area contributed by atoms with Crippen LogP contribution in [0, 0.1) is 5.92 Å². The van der Waals surface area contributed by atoms with E-state index in [1.807, 2.05) is 52.0 Å². The summed E-state index contributed by atoms with van der Waals surface area (Å²) in [4.78, 5) is 34.2. The van der Waals surface area contributed by atoms with Crippen LogP contribution < -0.4 is 5.32 Å². The van der Waals surface area contributed by atoms with Crippen LogP contribution in [0.4, 0.5) is 0 Å². The Hall–Kier alpha value is -2.37. The predicted molar refractivity (Wildman–Crippen MR) is 92.2 cm³/mol. The minimum absolute atomic E-state index is 0.0408. The molecule has 1 saturated heterocycles. The molecule has 0 aliphatic carbocycles. The van der Waals surface area contributed by atoms with Crippen LogP contribution in [0.25, 0.3) is 11.0 Å². The number of hydrogen-bond donors (Lipinski definition) is 2. The Morgan fingerprint density at radius 1 is 1.38 bits per heavy atom. The molecule has 3 rings (SSSR count). The quantitative estimate of drug-likeness (QED) is 0.908. The van der Waals surface area contributed by atoms with Gasteiger partial charge in [-0.25, -0.2) is 4.98 Å². The van der Waals surface area contributed by atoms with Crippen LogP contribution in [-0.2, 0) is 9.59 Å². The third-order valence-corrected chi connectivity index (χ3v) is 4.48. The minimum atomic E-state index is -0.302. The van der Waals surface area contributed by atoms with Crippen LogP contribution >= 0.6 is 0 Å². The molecular weight excluding hydrogens is 304 g/mol. The van der Waals surface area contributed by atoms with Crippen LogP contribution in [0.5, 0.6) is 0 Å². The molecule has 2 atom stereocenters. The van der Waals surface area contributed by atoms with E-state index in [4.69, 9.17) is 0 Å². The van der Waals surface area contributed by atoms with Gasteiger partial charge < -0.3 is 15.2 Å². The van der Waals surface area contributed by atoms with Gasteiger partial charge in [-0.15, -0.1) is 0 Å². The van der Waals surface area contributed by atoms with Gasteiger partial charge in [0.25, 0.3) is 0 Å². The molecule has 0 spiro atoms. The number of nitrogens with zero attached hydrogens (tertiary/aromatic N) is 2. The number of aromatic amines is 1. The smallest absolute Gasteiger partial charge is 0.226 e. The number of carbonyl (C=O) groups is 2. The van der Waals surface area contributed by atoms with Crippen molar-refractivity contribution in [1.29, 1.82) is 0 Å². The molecule has 1 aliphatic heterocycles. The average Bonchev–Trinajstić information content (AvgIpc) is 3.09. The van der Waals surface area contributed by atoms with Crippen LogP contribution in [-0.4, -0.2) is 38.8 Å². The number of para-hydroxylation sites is 2. The van der Waals surface area contributed by atoms with E-state index in [0.29, 0.717) is 6.54 Å². The fourth-order valence-electron chi connectivity index (χ4n) is 3.11. The zero-order chi connectivity index (χ0) is 17.5. The third-order valence-electron chi connectivity index (χ3n) is 4.48. The van der Waals surface area contributed by atoms with E-state index in [1.165, 1.54) is 0 Å². The fraction of sp³-hybridized carbons (Fsp3) is 0.500. The molecule has 1 fully saturated rings. The molecule has 1 aromatic heterocycles. The van der Waals surface area contributed by atoms with Gasteiger partial charge in [0.05, 0.1) is 23.0 Å². The lowest BCUT2D eigenvalue weighted by Crippen LogP contribution is -2.43. The van der Waals surface area contributed by atoms with E-state index in [9.17, 15) is 9.59 Å². The van der Waals surface area contributed by atoms with Gasteiger partial charge in [-0.1, -0.05) is 12.1 Å². The molecule has 2 unspecified atom stereocenters. The summed E-state index contributed by atoms with van der Waals surface area (Å²) < 4.78 is 0. The normalized spacial score (nSPS) is 19.8. The molecule has 1 aliphatic rings. The highest BCUT2D eigenvalue weighted by Gasteiger charge is 2.39. The van der Waals surface area contributed by atoms with E-state index in [-0.39, 0.29) is 35.7 Å². The number of H-pyrrole nitrogens is 1. The number of carbonyl (C=O) groups excluding carboxylic acids is 2. The highest BCUT2D eigenvalue weighted by Crippen LogP contribution is 2.26. The monoisotopic (exact) mass is 328 g/mol. The standard InChI is InChI=1S/C18H24N4O2/c1-11(16-20-13-7-5-6-8-14(13)21-16)19-17(24)12-9-15(23)22(10-12)18(2,3)4/h5-8,11-12H,9-10H2,1-4H3,(H,19,24)(H,20,21). The summed E-state index contributed by atoms with van der Waals surface area (Å²) in [6, 6.07) is 7.53. The fourth-order valence-corrected chi connectivity index (χ4v) is 3.11. The lowest BCUT2D eigenvalue weighted by atomic mass is 10.1. The largest absolute Gasteiger partial charge is 0.346 e. The van der Waals surface area contributed by atoms with Gasteiger partial charge in [0.15, 0.2) is 0 Å². The van der Waals surface area contributed by atoms with Crippen molar-refractivity contribution in [3.63, 3.8) is 0 Å². The second kappa shape index (κ2) is 5.92. The lowest BCUT2D eigenvalue weighted by molar-refractivity contribution is -0.132. The summed E-state index contributed by atoms with van der Waals surface area (Å²) in [5, 5.41) is 2.98. The third kappa shape index (κ3) is 3.13. The maximum Gasteiger partial charge on any atom is 0.226 e. The number of hydrogen-bond acceptors (Lipinski definition) is 3. The van der Waals surface area contributed by atoms with Gasteiger partial charge in [-0.05, 0) is 39.8 Å². The highest BCUT2D eigenvalue weighted by molar-refractivity contribution is 5.89. The first-order valence-corrected chi connectivity index (χ1v) is 8.31. The van der Waals surface area contributed by atoms with Crippen molar-refractivity contribution in [2.45, 2.75) is 45.7 Å². The number of aromatic nitrogens is 2. The highest BCUT2D eigenvalue weighted by atomic mass is 16.2. The Balaban J connectivity index is 1.67. The number of likely N-dealkylation sites (tertiary alicyclic amines) is 1. The van der Waals surface area contributed by atoms with Crippen molar-refractivity contribution in [2.24, 2.45) is 5.92 Å². The maximum atomic E-state index is 12.5. The zero-order valence-electron chi connectivity index (χ0n) is 14.6. The minimum Gasteiger partial charge on any atom is -0.346 e. The molecular formula is C18H24N4O2. The Morgan fingerprint density at radius 2 is 2.08 bits per heavy atom. The molecule has 6 nitrogen and oxygen atoms in total. The van der Waals surface area contributed by atoms with Gasteiger partial charge in [-0.2, -0.15) is 0 Å². The molecule has 2 N–H and O–H groups in total. The Kier molecular flexibility index (Phi) is 4.07. The van der Waals surface area contributed by atoms with E-state index < -0.39 is 0 Å². The van der Waals surface area contributed by atoms with Crippen molar-refractivity contribution in [1.82, 2.24) is 20.2 Å². The molecule has 0 radical (unpaired) electrons. The van der Waals surface area contributed by atoms with Crippen LogP contribution in [0.1, 0.15) is 46.0 Å². The predicted octanol–water partition coefficient (Wildman–Crippen LogP) is 2.39. The second-order valence-electron chi connectivity index (χ2n) is 7.45. The number of benzene rings is 1. The van der Waals surface area contributed by atoms with Crippen molar-refractivity contribution in [3.05, 3.63) is 30.1 Å². The molecule has 0 saturated carbocycles. The Morgan fingerprint density at radius 3 is 2.71 bits per heavy atom. The Bertz CT molecular complexity index is 742. The molecule has 1 aromatic carbocycles. The molecule has 2 aromatic rings. The van der Waals surface area contributed by atoms with Crippen molar-refractivity contribution in [2.75, 3.05) is 6.54 Å². The summed E-state index contributed by atoms with van der Waals surface area (Å²) >= 11 is 0. The first kappa shape index (κ1) is 16.5. The van der Waals surface area contributed by atoms with Gasteiger partial charge in [-0.3, -0.25) is 9.59 Å². The molecule has 2 amide bonds. The number of fused-ring (bicyclic) bond motifs is 1. The second-order valence-corrected chi connectivity index (χ2v) is 7.45. The summed E-state index contributed by atoms with van der Waals surface area (Å²) in [5.74, 6) is 0.368. The molecule has 24 heavy (non-hydrogen) atoms. The van der Waals surface area contributed by atoms with Gasteiger partial charge in [0.2, 0.25) is 11.8 Å². The molecule has 128 valence electrons. The van der Waals surface area contributed by atoms with E-state index in [1.54, 1.807) is 4.90 Å². The van der Waals surface area contributed by atoms with Gasteiger partial charge >= 0.3 is 0 Å². The first-order valence-electron chi connectivity index (χ1n) is 8.31. The summed E-state index contributed by atoms with van der Waals surface area (Å²) in [7, 11) is 0. The number of amides is 2. The summed E-state index contributed by atoms with van der Waals surface area (Å²) in [6.45, 7) is 8.33. The molecule has 6 heteroatoms. The topological polar surface area (TPSA) is 78.1 Å². The summed E-state index contributed by atoms with van der Waals surface area (Å²) in [5.41, 5.74) is 1.57. The van der Waals surface area contributed by atoms with E-state index >= 15 is 0 Å². The average molecular weight is 328 g/mol. The van der Waals surface area contributed by atoms with Crippen molar-refractivity contribution < 1.29 is 9.59 Å². The Labute approximate surface area is 141 Å². The van der Waals surface area contributed by atoms with Crippen molar-refractivity contribution in [3.8, 4) is 0 Å². The first-order chi connectivity index (χ1) is 11.3. The SMILES string of the molecule is CC(NC(=O)C1CC(=O)N(C(C)(C)C)C1)c1nc2ccccc2[nH]1. The van der Waals surface area contributed by atoms with Crippen LogP contribution in [0.3, 0.4) is 0 Å². The number of rotatable bonds is 3. The van der Waals surface area contributed by atoms with E-state index in [2.05, 4.69) is 15.3 Å². The lowest BCUT2D eigenvalue weighted by Gasteiger charge is -2.32. The van der Waals surface area contributed by atoms with E-state index in [0.717, 1.165) is 16.9 Å². The van der Waals surface area contributed by atoms with Gasteiger partial charge in [0, 0.05) is 18.5 Å². The zero-order valence-corrected chi connectivity index (χ0v) is 14.6. The molecule has 0 bridgehead atoms. The van der Waals surface area contributed by atoms with Gasteiger partial charge in [0.1, 0.15) is 5.82 Å². The number of imidazole rings is 1. The van der Waals surface area contributed by atoms with Crippen LogP contribution in [0.2, 0.25) is 0 Å².